The van der Waals surface area contributed by atoms with Crippen molar-refractivity contribution in [2.75, 3.05) is 24.3 Å². The Kier molecular flexibility index (Phi) is 5.03. The Balaban J connectivity index is 1.58. The van der Waals surface area contributed by atoms with Crippen molar-refractivity contribution in [2.24, 2.45) is 0 Å². The fourth-order valence-corrected chi connectivity index (χ4v) is 4.56. The Bertz CT molecular complexity index is 1000. The lowest BCUT2D eigenvalue weighted by molar-refractivity contribution is -0.116. The van der Waals surface area contributed by atoms with Gasteiger partial charge in [0.1, 0.15) is 5.75 Å². The predicted octanol–water partition coefficient (Wildman–Crippen LogP) is 4.62. The third-order valence-corrected chi connectivity index (χ3v) is 5.91. The number of hydrogen-bond acceptors (Lipinski definition) is 4. The maximum atomic E-state index is 12.9. The first-order valence-electron chi connectivity index (χ1n) is 9.12. The van der Waals surface area contributed by atoms with Crippen molar-refractivity contribution in [3.05, 3.63) is 59.8 Å². The van der Waals surface area contributed by atoms with E-state index in [-0.39, 0.29) is 5.91 Å². The highest BCUT2D eigenvalue weighted by molar-refractivity contribution is 8.00. The predicted molar refractivity (Wildman–Crippen MR) is 111 cm³/mol. The quantitative estimate of drug-likeness (QED) is 0.621. The molecular formula is C22H22N2O2S. The number of benzene rings is 2. The van der Waals surface area contributed by atoms with Gasteiger partial charge in [0.2, 0.25) is 5.91 Å². The van der Waals surface area contributed by atoms with E-state index < -0.39 is 0 Å². The van der Waals surface area contributed by atoms with Crippen molar-refractivity contribution in [2.45, 2.75) is 24.7 Å². The van der Waals surface area contributed by atoms with Crippen LogP contribution in [-0.4, -0.2) is 30.3 Å². The molecule has 3 aromatic rings. The van der Waals surface area contributed by atoms with Gasteiger partial charge in [-0.05, 0) is 55.7 Å². The maximum absolute atomic E-state index is 12.9. The van der Waals surface area contributed by atoms with Crippen LogP contribution in [0.4, 0.5) is 5.69 Å². The molecule has 0 N–H and O–H groups in total. The number of carbonyl (C=O) groups is 1. The number of anilines is 1. The normalized spacial score (nSPS) is 13.5. The number of fused-ring (bicyclic) bond motifs is 2. The van der Waals surface area contributed by atoms with Crippen LogP contribution in [0.1, 0.15) is 17.7 Å². The maximum Gasteiger partial charge on any atom is 0.237 e. The van der Waals surface area contributed by atoms with Crippen molar-refractivity contribution in [1.82, 2.24) is 4.98 Å². The van der Waals surface area contributed by atoms with Gasteiger partial charge in [0.15, 0.2) is 0 Å². The molecule has 0 atom stereocenters. The summed E-state index contributed by atoms with van der Waals surface area (Å²) in [4.78, 5) is 20.5. The second-order valence-corrected chi connectivity index (χ2v) is 7.73. The molecular weight excluding hydrogens is 356 g/mol. The van der Waals surface area contributed by atoms with Gasteiger partial charge in [-0.2, -0.15) is 0 Å². The largest absolute Gasteiger partial charge is 0.497 e. The van der Waals surface area contributed by atoms with Crippen LogP contribution in [-0.2, 0) is 11.2 Å². The summed E-state index contributed by atoms with van der Waals surface area (Å²) >= 11 is 1.57. The summed E-state index contributed by atoms with van der Waals surface area (Å²) in [6.07, 6.45) is 2.06. The molecule has 0 saturated carbocycles. The number of methoxy groups -OCH3 is 1. The molecule has 0 fully saturated rings. The van der Waals surface area contributed by atoms with Crippen molar-refractivity contribution >= 4 is 34.3 Å². The van der Waals surface area contributed by atoms with Gasteiger partial charge in [-0.3, -0.25) is 9.78 Å². The number of hydrogen-bond donors (Lipinski definition) is 0. The van der Waals surface area contributed by atoms with Gasteiger partial charge in [0.25, 0.3) is 0 Å². The number of aryl methyl sites for hydroxylation is 2. The summed E-state index contributed by atoms with van der Waals surface area (Å²) in [5, 5.41) is 1.02. The van der Waals surface area contributed by atoms with Gasteiger partial charge in [-0.25, -0.2) is 0 Å². The first-order valence-corrected chi connectivity index (χ1v) is 10.1. The van der Waals surface area contributed by atoms with Crippen LogP contribution in [0.3, 0.4) is 0 Å². The smallest absolute Gasteiger partial charge is 0.237 e. The summed E-state index contributed by atoms with van der Waals surface area (Å²) < 4.78 is 5.36. The van der Waals surface area contributed by atoms with Crippen molar-refractivity contribution in [3.63, 3.8) is 0 Å². The van der Waals surface area contributed by atoms with E-state index in [0.29, 0.717) is 5.75 Å². The number of pyridine rings is 1. The fourth-order valence-electron chi connectivity index (χ4n) is 3.56. The van der Waals surface area contributed by atoms with Gasteiger partial charge in [-0.15, -0.1) is 11.8 Å². The number of aromatic nitrogens is 1. The zero-order chi connectivity index (χ0) is 18.8. The van der Waals surface area contributed by atoms with Crippen molar-refractivity contribution < 1.29 is 9.53 Å². The van der Waals surface area contributed by atoms with Crippen LogP contribution in [0.15, 0.2) is 53.4 Å². The molecule has 0 unspecified atom stereocenters. The van der Waals surface area contributed by atoms with E-state index in [4.69, 9.17) is 4.74 Å². The van der Waals surface area contributed by atoms with E-state index in [1.807, 2.05) is 54.3 Å². The van der Waals surface area contributed by atoms with Crippen molar-refractivity contribution in [3.8, 4) is 5.75 Å². The molecule has 0 saturated heterocycles. The molecule has 0 spiro atoms. The number of rotatable bonds is 4. The van der Waals surface area contributed by atoms with E-state index in [1.54, 1.807) is 18.9 Å². The third kappa shape index (κ3) is 3.65. The Morgan fingerprint density at radius 3 is 2.93 bits per heavy atom. The highest BCUT2D eigenvalue weighted by atomic mass is 32.2. The molecule has 0 bridgehead atoms. The van der Waals surface area contributed by atoms with E-state index in [1.165, 1.54) is 5.56 Å². The Hall–Kier alpha value is -2.53. The Morgan fingerprint density at radius 1 is 1.22 bits per heavy atom. The molecule has 0 aliphatic carbocycles. The molecule has 138 valence electrons. The minimum atomic E-state index is 0.151. The average molecular weight is 378 g/mol. The Morgan fingerprint density at radius 2 is 2.07 bits per heavy atom. The summed E-state index contributed by atoms with van der Waals surface area (Å²) in [6.45, 7) is 2.77. The minimum Gasteiger partial charge on any atom is -0.497 e. The summed E-state index contributed by atoms with van der Waals surface area (Å²) in [6, 6.07) is 16.1. The molecule has 1 aliphatic heterocycles. The van der Waals surface area contributed by atoms with E-state index in [0.717, 1.165) is 52.3 Å². The van der Waals surface area contributed by atoms with Crippen LogP contribution < -0.4 is 9.64 Å². The first-order chi connectivity index (χ1) is 13.2. The summed E-state index contributed by atoms with van der Waals surface area (Å²) in [5.41, 5.74) is 4.20. The molecule has 4 nitrogen and oxygen atoms in total. The van der Waals surface area contributed by atoms with Gasteiger partial charge >= 0.3 is 0 Å². The summed E-state index contributed by atoms with van der Waals surface area (Å²) in [7, 11) is 1.66. The fraction of sp³-hybridized carbons (Fsp3) is 0.273. The van der Waals surface area contributed by atoms with Gasteiger partial charge in [-0.1, -0.05) is 18.2 Å². The number of carbonyl (C=O) groups excluding carboxylic acids is 1. The second-order valence-electron chi connectivity index (χ2n) is 6.71. The number of amides is 1. The summed E-state index contributed by atoms with van der Waals surface area (Å²) in [5.74, 6) is 1.35. The van der Waals surface area contributed by atoms with E-state index in [9.17, 15) is 4.79 Å². The lowest BCUT2D eigenvalue weighted by Gasteiger charge is -2.29. The highest BCUT2D eigenvalue weighted by Gasteiger charge is 2.22. The average Bonchev–Trinajstić information content (AvgIpc) is 2.71. The standard InChI is InChI=1S/C22H22N2O2S/c1-15-12-21(18-13-17(26-2)9-10-19(18)23-15)27-14-22(25)24-11-5-7-16-6-3-4-8-20(16)24/h3-4,6,8-10,12-13H,5,7,11,14H2,1-2H3. The molecule has 0 radical (unpaired) electrons. The van der Waals surface area contributed by atoms with Crippen LogP contribution >= 0.6 is 11.8 Å². The molecule has 4 rings (SSSR count). The monoisotopic (exact) mass is 378 g/mol. The molecule has 2 heterocycles. The second kappa shape index (κ2) is 7.61. The van der Waals surface area contributed by atoms with Crippen molar-refractivity contribution in [1.29, 1.82) is 0 Å². The van der Waals surface area contributed by atoms with E-state index >= 15 is 0 Å². The zero-order valence-corrected chi connectivity index (χ0v) is 16.4. The third-order valence-electron chi connectivity index (χ3n) is 4.87. The lowest BCUT2D eigenvalue weighted by atomic mass is 10.0. The Labute approximate surface area is 163 Å². The van der Waals surface area contributed by atoms with Gasteiger partial charge < -0.3 is 9.64 Å². The number of para-hydroxylation sites is 1. The van der Waals surface area contributed by atoms with Crippen LogP contribution in [0.2, 0.25) is 0 Å². The molecule has 27 heavy (non-hydrogen) atoms. The highest BCUT2D eigenvalue weighted by Crippen LogP contribution is 2.32. The van der Waals surface area contributed by atoms with Crippen LogP contribution in [0.5, 0.6) is 5.75 Å². The van der Waals surface area contributed by atoms with Crippen LogP contribution in [0, 0.1) is 6.92 Å². The minimum absolute atomic E-state index is 0.151. The lowest BCUT2D eigenvalue weighted by Crippen LogP contribution is -2.36. The van der Waals surface area contributed by atoms with Crippen LogP contribution in [0.25, 0.3) is 10.9 Å². The molecule has 5 heteroatoms. The van der Waals surface area contributed by atoms with Gasteiger partial charge in [0, 0.05) is 28.2 Å². The topological polar surface area (TPSA) is 42.4 Å². The number of nitrogens with zero attached hydrogens (tertiary/aromatic N) is 2. The molecule has 1 aromatic heterocycles. The zero-order valence-electron chi connectivity index (χ0n) is 15.6. The first kappa shape index (κ1) is 17.9. The SMILES string of the molecule is COc1ccc2nc(C)cc(SCC(=O)N3CCCc4ccccc43)c2c1. The molecule has 1 amide bonds. The van der Waals surface area contributed by atoms with Gasteiger partial charge in [0.05, 0.1) is 18.4 Å². The molecule has 1 aliphatic rings. The number of thioether (sulfide) groups is 1. The number of ether oxygens (including phenoxy) is 1. The molecule has 2 aromatic carbocycles. The van der Waals surface area contributed by atoms with E-state index in [2.05, 4.69) is 11.1 Å².